The number of rotatable bonds is 9. The Labute approximate surface area is 166 Å². The molecule has 2 N–H and O–H groups in total. The van der Waals surface area contributed by atoms with Crippen LogP contribution >= 0.6 is 0 Å². The minimum absolute atomic E-state index is 0.256. The summed E-state index contributed by atoms with van der Waals surface area (Å²) in [5, 5.41) is 21.1. The van der Waals surface area contributed by atoms with Gasteiger partial charge in [0.15, 0.2) is 5.96 Å². The van der Waals surface area contributed by atoms with E-state index in [2.05, 4.69) is 21.2 Å². The predicted octanol–water partition coefficient (Wildman–Crippen LogP) is 2.11. The number of nitrogens with zero attached hydrogens (tertiary/aromatic N) is 4. The lowest BCUT2D eigenvalue weighted by Crippen LogP contribution is -2.50. The first-order valence-electron chi connectivity index (χ1n) is 9.71. The minimum Gasteiger partial charge on any atom is -0.478 e. The first-order valence-corrected chi connectivity index (χ1v) is 9.71. The van der Waals surface area contributed by atoms with Crippen molar-refractivity contribution in [1.29, 1.82) is 5.26 Å². The second kappa shape index (κ2) is 12.0. The van der Waals surface area contributed by atoms with E-state index in [0.717, 1.165) is 50.8 Å². The molecule has 1 aliphatic heterocycles. The van der Waals surface area contributed by atoms with Crippen molar-refractivity contribution >= 4 is 17.6 Å². The molecule has 1 fully saturated rings. The van der Waals surface area contributed by atoms with Gasteiger partial charge in [0.1, 0.15) is 0 Å². The van der Waals surface area contributed by atoms with Gasteiger partial charge in [-0.15, -0.1) is 0 Å². The van der Waals surface area contributed by atoms with Gasteiger partial charge in [-0.2, -0.15) is 5.26 Å². The first kappa shape index (κ1) is 21.7. The number of hydrogen-bond donors (Lipinski definition) is 2. The van der Waals surface area contributed by atoms with Gasteiger partial charge in [0, 0.05) is 64.6 Å². The zero-order valence-corrected chi connectivity index (χ0v) is 16.4. The van der Waals surface area contributed by atoms with Gasteiger partial charge in [-0.25, -0.2) is 4.79 Å². The largest absolute Gasteiger partial charge is 0.478 e. The van der Waals surface area contributed by atoms with E-state index in [9.17, 15) is 4.79 Å². The summed E-state index contributed by atoms with van der Waals surface area (Å²) in [6, 6.07) is 8.86. The van der Waals surface area contributed by atoms with Crippen LogP contribution in [0.15, 0.2) is 29.3 Å². The molecule has 8 heteroatoms. The lowest BCUT2D eigenvalue weighted by Gasteiger charge is -2.36. The summed E-state index contributed by atoms with van der Waals surface area (Å²) < 4.78 is 5.37. The maximum absolute atomic E-state index is 11.0. The summed E-state index contributed by atoms with van der Waals surface area (Å²) in [7, 11) is 0. The SMILES string of the molecule is CCOCCCN=C(Nc1ccc(C(=O)O)cc1)N1CCN(CCC#N)CC1. The molecule has 1 aromatic rings. The lowest BCUT2D eigenvalue weighted by atomic mass is 10.2. The quantitative estimate of drug-likeness (QED) is 0.380. The summed E-state index contributed by atoms with van der Waals surface area (Å²) in [5.74, 6) is -0.149. The molecule has 28 heavy (non-hydrogen) atoms. The number of hydrogen-bond acceptors (Lipinski definition) is 5. The maximum atomic E-state index is 11.0. The smallest absolute Gasteiger partial charge is 0.335 e. The Bertz CT molecular complexity index is 676. The fraction of sp³-hybridized carbons (Fsp3) is 0.550. The highest BCUT2D eigenvalue weighted by Crippen LogP contribution is 2.12. The van der Waals surface area contributed by atoms with Crippen molar-refractivity contribution in [2.24, 2.45) is 4.99 Å². The molecule has 0 radical (unpaired) electrons. The normalized spacial score (nSPS) is 15.3. The summed E-state index contributed by atoms with van der Waals surface area (Å²) in [6.07, 6.45) is 1.39. The number of anilines is 1. The molecule has 0 amide bonds. The molecular formula is C20H29N5O3. The van der Waals surface area contributed by atoms with E-state index in [4.69, 9.17) is 20.1 Å². The average molecular weight is 387 g/mol. The number of ether oxygens (including phenoxy) is 1. The van der Waals surface area contributed by atoms with Crippen molar-refractivity contribution in [1.82, 2.24) is 9.80 Å². The van der Waals surface area contributed by atoms with Gasteiger partial charge in [-0.3, -0.25) is 9.89 Å². The Kier molecular flexibility index (Phi) is 9.25. The average Bonchev–Trinajstić information content (AvgIpc) is 2.72. The first-order chi connectivity index (χ1) is 13.6. The zero-order valence-electron chi connectivity index (χ0n) is 16.4. The van der Waals surface area contributed by atoms with Gasteiger partial charge in [0.25, 0.3) is 0 Å². The van der Waals surface area contributed by atoms with Crippen LogP contribution in [-0.4, -0.2) is 79.3 Å². The summed E-state index contributed by atoms with van der Waals surface area (Å²) in [4.78, 5) is 20.2. The van der Waals surface area contributed by atoms with Crippen molar-refractivity contribution in [2.75, 3.05) is 57.8 Å². The number of aliphatic imine (C=N–C) groups is 1. The zero-order chi connectivity index (χ0) is 20.2. The number of nitriles is 1. The Morgan fingerprint density at radius 1 is 1.29 bits per heavy atom. The van der Waals surface area contributed by atoms with Crippen LogP contribution < -0.4 is 5.32 Å². The summed E-state index contributed by atoms with van der Waals surface area (Å²) in [6.45, 7) is 8.25. The van der Waals surface area contributed by atoms with E-state index >= 15 is 0 Å². The molecule has 0 saturated carbocycles. The molecule has 0 aliphatic carbocycles. The molecule has 152 valence electrons. The number of carboxylic acids is 1. The van der Waals surface area contributed by atoms with Crippen LogP contribution in [0, 0.1) is 11.3 Å². The van der Waals surface area contributed by atoms with Crippen molar-refractivity contribution in [3.63, 3.8) is 0 Å². The number of aromatic carboxylic acids is 1. The van der Waals surface area contributed by atoms with Crippen molar-refractivity contribution in [3.8, 4) is 6.07 Å². The van der Waals surface area contributed by atoms with E-state index in [1.54, 1.807) is 24.3 Å². The van der Waals surface area contributed by atoms with E-state index < -0.39 is 5.97 Å². The third-order valence-corrected chi connectivity index (χ3v) is 4.51. The fourth-order valence-electron chi connectivity index (χ4n) is 2.93. The van der Waals surface area contributed by atoms with Crippen LogP contribution in [0.5, 0.6) is 0 Å². The third-order valence-electron chi connectivity index (χ3n) is 4.51. The van der Waals surface area contributed by atoms with E-state index in [0.29, 0.717) is 26.2 Å². The van der Waals surface area contributed by atoms with Gasteiger partial charge >= 0.3 is 5.97 Å². The molecular weight excluding hydrogens is 358 g/mol. The maximum Gasteiger partial charge on any atom is 0.335 e. The molecule has 0 unspecified atom stereocenters. The highest BCUT2D eigenvalue weighted by molar-refractivity contribution is 5.94. The molecule has 1 saturated heterocycles. The number of piperazine rings is 1. The Morgan fingerprint density at radius 2 is 2.00 bits per heavy atom. The molecule has 1 heterocycles. The fourth-order valence-corrected chi connectivity index (χ4v) is 2.93. The van der Waals surface area contributed by atoms with Crippen molar-refractivity contribution in [2.45, 2.75) is 19.8 Å². The number of carboxylic acid groups (broad SMARTS) is 1. The van der Waals surface area contributed by atoms with Gasteiger partial charge in [-0.05, 0) is 37.6 Å². The van der Waals surface area contributed by atoms with Gasteiger partial charge in [-0.1, -0.05) is 0 Å². The second-order valence-electron chi connectivity index (χ2n) is 6.50. The van der Waals surface area contributed by atoms with Crippen LogP contribution in [0.2, 0.25) is 0 Å². The number of guanidine groups is 1. The monoisotopic (exact) mass is 387 g/mol. The summed E-state index contributed by atoms with van der Waals surface area (Å²) >= 11 is 0. The van der Waals surface area contributed by atoms with E-state index in [1.807, 2.05) is 6.92 Å². The number of carbonyl (C=O) groups is 1. The van der Waals surface area contributed by atoms with Crippen LogP contribution in [0.25, 0.3) is 0 Å². The van der Waals surface area contributed by atoms with Crippen molar-refractivity contribution < 1.29 is 14.6 Å². The summed E-state index contributed by atoms with van der Waals surface area (Å²) in [5.41, 5.74) is 1.06. The van der Waals surface area contributed by atoms with Crippen LogP contribution in [0.1, 0.15) is 30.1 Å². The van der Waals surface area contributed by atoms with E-state index in [-0.39, 0.29) is 5.56 Å². The van der Waals surface area contributed by atoms with E-state index in [1.165, 1.54) is 0 Å². The van der Waals surface area contributed by atoms with Gasteiger partial charge in [0.05, 0.1) is 11.6 Å². The van der Waals surface area contributed by atoms with Crippen LogP contribution in [0.4, 0.5) is 5.69 Å². The molecule has 0 atom stereocenters. The number of nitrogens with one attached hydrogen (secondary N) is 1. The van der Waals surface area contributed by atoms with Crippen LogP contribution in [-0.2, 0) is 4.74 Å². The lowest BCUT2D eigenvalue weighted by molar-refractivity contribution is 0.0697. The standard InChI is InChI=1S/C20H29N5O3/c1-2-28-16-4-10-22-20(23-18-7-5-17(6-8-18)19(26)27)25-14-12-24(13-15-25)11-3-9-21/h5-8H,2-4,10-16H2,1H3,(H,22,23)(H,26,27). The highest BCUT2D eigenvalue weighted by atomic mass is 16.5. The molecule has 1 aromatic carbocycles. The molecule has 0 aromatic heterocycles. The second-order valence-corrected chi connectivity index (χ2v) is 6.50. The topological polar surface area (TPSA) is 101 Å². The minimum atomic E-state index is -0.940. The Balaban J connectivity index is 1.99. The van der Waals surface area contributed by atoms with Gasteiger partial charge < -0.3 is 20.1 Å². The Hall–Kier alpha value is -2.63. The van der Waals surface area contributed by atoms with Gasteiger partial charge in [0.2, 0.25) is 0 Å². The molecule has 1 aliphatic rings. The molecule has 8 nitrogen and oxygen atoms in total. The number of benzene rings is 1. The highest BCUT2D eigenvalue weighted by Gasteiger charge is 2.19. The third kappa shape index (κ3) is 7.18. The molecule has 2 rings (SSSR count). The molecule has 0 bridgehead atoms. The van der Waals surface area contributed by atoms with Crippen LogP contribution in [0.3, 0.4) is 0 Å². The molecule has 0 spiro atoms. The Morgan fingerprint density at radius 3 is 2.61 bits per heavy atom. The predicted molar refractivity (Wildman–Crippen MR) is 109 cm³/mol. The van der Waals surface area contributed by atoms with Crippen molar-refractivity contribution in [3.05, 3.63) is 29.8 Å².